The van der Waals surface area contributed by atoms with Crippen molar-refractivity contribution in [1.82, 2.24) is 25.0 Å². The van der Waals surface area contributed by atoms with Crippen LogP contribution < -0.4 is 14.8 Å². The Morgan fingerprint density at radius 1 is 1.14 bits per heavy atom. The van der Waals surface area contributed by atoms with Crippen molar-refractivity contribution in [2.45, 2.75) is 32.6 Å². The van der Waals surface area contributed by atoms with E-state index in [2.05, 4.69) is 27.4 Å². The van der Waals surface area contributed by atoms with Crippen LogP contribution in [0.4, 0.5) is 5.82 Å². The number of ether oxygens (including phenoxy) is 2. The van der Waals surface area contributed by atoms with Crippen LogP contribution in [0.2, 0.25) is 0 Å². The van der Waals surface area contributed by atoms with E-state index >= 15 is 0 Å². The highest BCUT2D eigenvalue weighted by atomic mass is 16.5. The summed E-state index contributed by atoms with van der Waals surface area (Å²) in [4.78, 5) is 17.4. The average molecular weight is 471 g/mol. The molecule has 2 aromatic carbocycles. The molecule has 1 aliphatic rings. The van der Waals surface area contributed by atoms with Gasteiger partial charge in [0.15, 0.2) is 0 Å². The molecule has 0 aliphatic carbocycles. The number of rotatable bonds is 7. The lowest BCUT2D eigenvalue weighted by molar-refractivity contribution is -0.116. The van der Waals surface area contributed by atoms with Gasteiger partial charge in [0.1, 0.15) is 17.3 Å². The van der Waals surface area contributed by atoms with Crippen LogP contribution in [0.5, 0.6) is 11.5 Å². The number of methoxy groups -OCH3 is 1. The first-order chi connectivity index (χ1) is 17.1. The summed E-state index contributed by atoms with van der Waals surface area (Å²) in [5, 5.41) is 16.0. The molecule has 0 radical (unpaired) electrons. The van der Waals surface area contributed by atoms with E-state index in [1.807, 2.05) is 55.5 Å². The van der Waals surface area contributed by atoms with Crippen LogP contribution in [0.1, 0.15) is 42.5 Å². The van der Waals surface area contributed by atoms with Gasteiger partial charge in [-0.2, -0.15) is 14.9 Å². The number of nitrogens with one attached hydrogen (secondary N) is 1. The van der Waals surface area contributed by atoms with Crippen molar-refractivity contribution >= 4 is 11.7 Å². The highest BCUT2D eigenvalue weighted by molar-refractivity contribution is 5.95. The third-order valence-electron chi connectivity index (χ3n) is 5.94. The number of aromatic nitrogens is 5. The zero-order valence-corrected chi connectivity index (χ0v) is 19.9. The van der Waals surface area contributed by atoms with Gasteiger partial charge in [0.25, 0.3) is 5.95 Å². The minimum absolute atomic E-state index is 0.0968. The Morgan fingerprint density at radius 3 is 2.80 bits per heavy atom. The molecule has 4 aromatic rings. The van der Waals surface area contributed by atoms with Gasteiger partial charge in [-0.3, -0.25) is 4.79 Å². The second-order valence-electron chi connectivity index (χ2n) is 8.36. The van der Waals surface area contributed by atoms with Gasteiger partial charge in [0.05, 0.1) is 31.3 Å². The van der Waals surface area contributed by atoms with Gasteiger partial charge in [-0.15, -0.1) is 5.10 Å². The largest absolute Gasteiger partial charge is 0.497 e. The molecule has 2 aromatic heterocycles. The molecule has 1 N–H and O–H groups in total. The summed E-state index contributed by atoms with van der Waals surface area (Å²) in [7, 11) is 1.62. The molecule has 0 saturated carbocycles. The van der Waals surface area contributed by atoms with Crippen LogP contribution in [0.15, 0.2) is 54.7 Å². The lowest BCUT2D eigenvalue weighted by Crippen LogP contribution is -2.25. The van der Waals surface area contributed by atoms with Gasteiger partial charge >= 0.3 is 0 Å². The zero-order chi connectivity index (χ0) is 24.4. The number of aryl methyl sites for hydroxylation is 1. The number of benzene rings is 2. The molecule has 0 bridgehead atoms. The predicted octanol–water partition coefficient (Wildman–Crippen LogP) is 4.30. The van der Waals surface area contributed by atoms with Gasteiger partial charge < -0.3 is 14.8 Å². The van der Waals surface area contributed by atoms with Crippen LogP contribution in [-0.4, -0.2) is 44.6 Å². The van der Waals surface area contributed by atoms with Crippen LogP contribution in [0, 0.1) is 6.92 Å². The third-order valence-corrected chi connectivity index (χ3v) is 5.94. The second kappa shape index (κ2) is 9.54. The fourth-order valence-corrected chi connectivity index (χ4v) is 4.32. The Hall–Kier alpha value is -4.27. The van der Waals surface area contributed by atoms with E-state index in [1.165, 1.54) is 0 Å². The summed E-state index contributed by atoms with van der Waals surface area (Å²) in [6.45, 7) is 4.64. The van der Waals surface area contributed by atoms with Gasteiger partial charge in [-0.25, -0.2) is 4.98 Å². The normalized spacial score (nSPS) is 14.8. The van der Waals surface area contributed by atoms with E-state index in [0.29, 0.717) is 24.5 Å². The molecule has 9 nitrogen and oxygen atoms in total. The van der Waals surface area contributed by atoms with Crippen LogP contribution in [0.25, 0.3) is 17.2 Å². The number of hydrogen-bond donors (Lipinski definition) is 1. The number of anilines is 1. The molecule has 0 spiro atoms. The number of hydrogen-bond acceptors (Lipinski definition) is 7. The molecule has 3 heterocycles. The van der Waals surface area contributed by atoms with Crippen LogP contribution >= 0.6 is 0 Å². The first-order valence-corrected chi connectivity index (χ1v) is 11.5. The SMILES string of the molecule is CCCOc1cccc([C@H]2CC(=O)Nc3c2c(C)nn3-c2nncc(-c3cccc(OC)c3)n2)c1. The number of nitrogens with zero attached hydrogens (tertiary/aromatic N) is 5. The van der Waals surface area contributed by atoms with E-state index in [-0.39, 0.29) is 17.8 Å². The predicted molar refractivity (Wildman–Crippen MR) is 131 cm³/mol. The number of carbonyl (C=O) groups is 1. The van der Waals surface area contributed by atoms with E-state index in [0.717, 1.165) is 40.3 Å². The summed E-state index contributed by atoms with van der Waals surface area (Å²) < 4.78 is 12.7. The molecule has 1 atom stereocenters. The maximum Gasteiger partial charge on any atom is 0.272 e. The van der Waals surface area contributed by atoms with E-state index in [9.17, 15) is 4.79 Å². The highest BCUT2D eigenvalue weighted by Crippen LogP contribution is 2.40. The minimum atomic E-state index is -0.160. The average Bonchev–Trinajstić information content (AvgIpc) is 3.23. The molecule has 0 unspecified atom stereocenters. The molecule has 178 valence electrons. The van der Waals surface area contributed by atoms with Crippen molar-refractivity contribution in [3.05, 3.63) is 71.5 Å². The Labute approximate surface area is 203 Å². The monoisotopic (exact) mass is 470 g/mol. The fourth-order valence-electron chi connectivity index (χ4n) is 4.32. The molecular formula is C26H26N6O3. The summed E-state index contributed by atoms with van der Waals surface area (Å²) in [6.07, 6.45) is 2.83. The molecule has 1 aliphatic heterocycles. The third kappa shape index (κ3) is 4.44. The van der Waals surface area contributed by atoms with Crippen molar-refractivity contribution < 1.29 is 14.3 Å². The standard InChI is InChI=1S/C26H26N6O3/c1-4-11-35-20-10-5-7-17(12-20)21-14-23(33)29-25-24(21)16(2)31-32(25)26-28-22(15-27-30-26)18-8-6-9-19(13-18)34-3/h5-10,12-13,15,21H,4,11,14H2,1-3H3,(H,29,33)/t21-/m1/s1. The first kappa shape index (κ1) is 22.5. The van der Waals surface area contributed by atoms with E-state index < -0.39 is 0 Å². The molecule has 1 amide bonds. The van der Waals surface area contributed by atoms with Crippen molar-refractivity contribution in [3.63, 3.8) is 0 Å². The zero-order valence-electron chi connectivity index (χ0n) is 19.9. The topological polar surface area (TPSA) is 104 Å². The Bertz CT molecular complexity index is 1380. The van der Waals surface area contributed by atoms with Gasteiger partial charge in [0.2, 0.25) is 5.91 Å². The smallest absolute Gasteiger partial charge is 0.272 e. The summed E-state index contributed by atoms with van der Waals surface area (Å²) in [6, 6.07) is 15.5. The fraction of sp³-hybridized carbons (Fsp3) is 0.269. The Morgan fingerprint density at radius 2 is 1.97 bits per heavy atom. The molecule has 5 rings (SSSR count). The number of amides is 1. The summed E-state index contributed by atoms with van der Waals surface area (Å²) >= 11 is 0. The maximum absolute atomic E-state index is 12.8. The van der Waals surface area contributed by atoms with Gasteiger partial charge in [0, 0.05) is 23.5 Å². The highest BCUT2D eigenvalue weighted by Gasteiger charge is 2.33. The van der Waals surface area contributed by atoms with Crippen molar-refractivity contribution in [3.8, 4) is 28.7 Å². The van der Waals surface area contributed by atoms with Crippen LogP contribution in [0.3, 0.4) is 0 Å². The lowest BCUT2D eigenvalue weighted by Gasteiger charge is -2.24. The molecule has 0 saturated heterocycles. The van der Waals surface area contributed by atoms with Crippen LogP contribution in [-0.2, 0) is 4.79 Å². The Kier molecular flexibility index (Phi) is 6.13. The van der Waals surface area contributed by atoms with Crippen molar-refractivity contribution in [2.24, 2.45) is 0 Å². The molecular weight excluding hydrogens is 444 g/mol. The minimum Gasteiger partial charge on any atom is -0.497 e. The van der Waals surface area contributed by atoms with Gasteiger partial charge in [-0.1, -0.05) is 31.2 Å². The maximum atomic E-state index is 12.8. The van der Waals surface area contributed by atoms with Gasteiger partial charge in [-0.05, 0) is 43.2 Å². The van der Waals surface area contributed by atoms with Crippen molar-refractivity contribution in [2.75, 3.05) is 19.0 Å². The second-order valence-corrected chi connectivity index (χ2v) is 8.36. The first-order valence-electron chi connectivity index (χ1n) is 11.5. The van der Waals surface area contributed by atoms with Crippen molar-refractivity contribution in [1.29, 1.82) is 0 Å². The quantitative estimate of drug-likeness (QED) is 0.429. The summed E-state index contributed by atoms with van der Waals surface area (Å²) in [5.74, 6) is 2.09. The molecule has 35 heavy (non-hydrogen) atoms. The number of fused-ring (bicyclic) bond motifs is 1. The molecule has 0 fully saturated rings. The van der Waals surface area contributed by atoms with E-state index in [1.54, 1.807) is 18.0 Å². The van der Waals surface area contributed by atoms with E-state index in [4.69, 9.17) is 14.6 Å². The number of carbonyl (C=O) groups excluding carboxylic acids is 1. The molecule has 9 heteroatoms. The summed E-state index contributed by atoms with van der Waals surface area (Å²) in [5.41, 5.74) is 4.19. The Balaban J connectivity index is 1.55. The lowest BCUT2D eigenvalue weighted by atomic mass is 9.86.